The van der Waals surface area contributed by atoms with Crippen molar-refractivity contribution < 1.29 is 8.80 Å². The van der Waals surface area contributed by atoms with E-state index in [0.717, 1.165) is 54.3 Å². The Kier molecular flexibility index (Phi) is 4.30. The third kappa shape index (κ3) is 2.65. The Morgan fingerprint density at radius 1 is 1.33 bits per heavy atom. The van der Waals surface area contributed by atoms with E-state index in [-0.39, 0.29) is 9.91 Å². The molecule has 1 atom stereocenters. The average Bonchev–Trinajstić information content (AvgIpc) is 2.78. The number of hydrogen-bond acceptors (Lipinski definition) is 4. The number of carbonyl (C=O) groups is 1. The van der Waals surface area contributed by atoms with Gasteiger partial charge in [0.1, 0.15) is 11.9 Å². The van der Waals surface area contributed by atoms with Gasteiger partial charge in [0, 0.05) is 45.1 Å². The summed E-state index contributed by atoms with van der Waals surface area (Å²) in [5, 5.41) is 0. The fourth-order valence-electron chi connectivity index (χ4n) is 3.84. The lowest BCUT2D eigenvalue weighted by atomic mass is 9.76. The van der Waals surface area contributed by atoms with Gasteiger partial charge in [-0.2, -0.15) is 4.99 Å². The highest BCUT2D eigenvalue weighted by molar-refractivity contribution is 14.1. The first kappa shape index (κ1) is 16.7. The van der Waals surface area contributed by atoms with Gasteiger partial charge < -0.3 is 4.90 Å². The zero-order valence-electron chi connectivity index (χ0n) is 13.5. The van der Waals surface area contributed by atoms with E-state index in [1.54, 1.807) is 13.1 Å². The van der Waals surface area contributed by atoms with E-state index in [9.17, 15) is 4.79 Å². The van der Waals surface area contributed by atoms with Crippen LogP contribution in [0.4, 0.5) is 0 Å². The smallest absolute Gasteiger partial charge is 0.292 e. The van der Waals surface area contributed by atoms with E-state index in [2.05, 4.69) is 32.5 Å². The number of halogens is 2. The number of quaternary nitrogens is 1. The number of amides is 1. The molecule has 3 heterocycles. The van der Waals surface area contributed by atoms with Gasteiger partial charge in [-0.15, -0.1) is 4.00 Å². The Morgan fingerprint density at radius 3 is 2.71 bits per heavy atom. The number of piperazine rings is 1. The van der Waals surface area contributed by atoms with Crippen molar-refractivity contribution in [2.75, 3.05) is 26.2 Å². The van der Waals surface area contributed by atoms with Gasteiger partial charge in [0.15, 0.2) is 11.8 Å². The normalized spacial score (nSPS) is 35.8. The predicted octanol–water partition coefficient (Wildman–Crippen LogP) is 2.47. The lowest BCUT2D eigenvalue weighted by molar-refractivity contribution is -0.594. The summed E-state index contributed by atoms with van der Waals surface area (Å²) in [6.45, 7) is 5.30. The third-order valence-corrected chi connectivity index (χ3v) is 7.17. The van der Waals surface area contributed by atoms with Crippen molar-refractivity contribution in [3.63, 3.8) is 0 Å². The molecular weight excluding hydrogens is 441 g/mol. The molecule has 1 amide bonds. The number of rotatable bonds is 2. The second-order valence-electron chi connectivity index (χ2n) is 6.73. The van der Waals surface area contributed by atoms with Gasteiger partial charge in [-0.05, 0) is 12.8 Å². The molecule has 3 aliphatic heterocycles. The van der Waals surface area contributed by atoms with Gasteiger partial charge in [0.25, 0.3) is 3.84 Å². The second-order valence-corrected chi connectivity index (χ2v) is 8.23. The molecule has 0 N–H and O–H groups in total. The van der Waals surface area contributed by atoms with Gasteiger partial charge in [0.2, 0.25) is 11.6 Å². The summed E-state index contributed by atoms with van der Waals surface area (Å²) in [6, 6.07) is 0.596. The van der Waals surface area contributed by atoms with Crippen LogP contribution in [0.2, 0.25) is 0 Å². The summed E-state index contributed by atoms with van der Waals surface area (Å²) in [7, 11) is 0. The van der Waals surface area contributed by atoms with Crippen LogP contribution in [0.25, 0.3) is 0 Å². The minimum Gasteiger partial charge on any atom is -0.340 e. The first-order valence-electron chi connectivity index (χ1n) is 8.27. The summed E-state index contributed by atoms with van der Waals surface area (Å²) in [5.74, 6) is 0.640. The molecule has 6 nitrogen and oxygen atoms in total. The average molecular weight is 461 g/mol. The molecule has 1 saturated carbocycles. The Morgan fingerprint density at radius 2 is 2.04 bits per heavy atom. The fourth-order valence-corrected chi connectivity index (χ4v) is 4.74. The fraction of sp³-hybridized carbons (Fsp3) is 0.562. The van der Waals surface area contributed by atoms with Crippen LogP contribution in [0.3, 0.4) is 0 Å². The lowest BCUT2D eigenvalue weighted by Crippen LogP contribution is -2.55. The summed E-state index contributed by atoms with van der Waals surface area (Å²) < 4.78 is 0.998. The number of allylic oxidation sites excluding steroid dienone is 2. The standard InChI is InChI=1S/C16H20ClIN5O/c1-11(24)21-3-5-22(6-4-21)13-8-12(9-13)15-14-10-19-2-7-23(14,17)16(18)20-15/h2,7,10,12-13H,3-6,8-9H2,1H3/q+1. The number of aliphatic imine (C=N–C) groups is 2. The number of hydrogen-bond donors (Lipinski definition) is 0. The molecule has 0 spiro atoms. The molecule has 4 aliphatic rings. The van der Waals surface area contributed by atoms with Crippen LogP contribution in [0, 0.1) is 5.92 Å². The Hall–Kier alpha value is -0.770. The van der Waals surface area contributed by atoms with Crippen molar-refractivity contribution in [2.45, 2.75) is 25.8 Å². The van der Waals surface area contributed by atoms with E-state index in [1.165, 1.54) is 0 Å². The zero-order chi connectivity index (χ0) is 16.9. The van der Waals surface area contributed by atoms with Crippen LogP contribution < -0.4 is 0 Å². The summed E-state index contributed by atoms with van der Waals surface area (Å²) in [4.78, 5) is 24.9. The summed E-state index contributed by atoms with van der Waals surface area (Å²) in [6.07, 6.45) is 7.66. The van der Waals surface area contributed by atoms with Crippen molar-refractivity contribution >= 4 is 50.3 Å². The molecule has 1 unspecified atom stereocenters. The van der Waals surface area contributed by atoms with Crippen LogP contribution in [-0.4, -0.2) is 62.0 Å². The highest BCUT2D eigenvalue weighted by Gasteiger charge is 2.49. The molecule has 8 heteroatoms. The van der Waals surface area contributed by atoms with Gasteiger partial charge in [-0.1, -0.05) is 0 Å². The molecule has 0 aromatic heterocycles. The van der Waals surface area contributed by atoms with E-state index in [4.69, 9.17) is 16.8 Å². The Bertz CT molecular complexity index is 689. The highest BCUT2D eigenvalue weighted by atomic mass is 127. The topological polar surface area (TPSA) is 48.3 Å². The van der Waals surface area contributed by atoms with Crippen molar-refractivity contribution in [2.24, 2.45) is 15.9 Å². The van der Waals surface area contributed by atoms with Crippen LogP contribution in [-0.2, 0) is 4.79 Å². The van der Waals surface area contributed by atoms with E-state index >= 15 is 0 Å². The summed E-state index contributed by atoms with van der Waals surface area (Å²) >= 11 is 8.91. The number of nitrogens with zero attached hydrogens (tertiary/aromatic N) is 5. The number of amidine groups is 1. The zero-order valence-corrected chi connectivity index (χ0v) is 16.4. The van der Waals surface area contributed by atoms with E-state index < -0.39 is 0 Å². The predicted molar refractivity (Wildman–Crippen MR) is 103 cm³/mol. The first-order chi connectivity index (χ1) is 11.5. The van der Waals surface area contributed by atoms with Crippen molar-refractivity contribution in [1.82, 2.24) is 9.80 Å². The quantitative estimate of drug-likeness (QED) is 0.361. The largest absolute Gasteiger partial charge is 0.340 e. The third-order valence-electron chi connectivity index (χ3n) is 5.43. The minimum atomic E-state index is 0.137. The summed E-state index contributed by atoms with van der Waals surface area (Å²) in [5.41, 5.74) is 2.09. The van der Waals surface area contributed by atoms with Crippen molar-refractivity contribution in [3.8, 4) is 0 Å². The Labute approximate surface area is 160 Å². The molecular formula is C16H20ClIN5O+. The van der Waals surface area contributed by atoms with Gasteiger partial charge in [-0.3, -0.25) is 14.7 Å². The monoisotopic (exact) mass is 460 g/mol. The molecule has 1 aliphatic carbocycles. The molecule has 0 bridgehead atoms. The molecule has 24 heavy (non-hydrogen) atoms. The number of carbonyl (C=O) groups excluding carboxylic acids is 1. The molecule has 2 fully saturated rings. The SMILES string of the molecule is CC(=O)N1CCN(C2CC(C3=C4C=NC=C[N+]4(Cl)C(I)=N3)C2)CC1. The Balaban J connectivity index is 1.40. The van der Waals surface area contributed by atoms with Crippen LogP contribution in [0.1, 0.15) is 19.8 Å². The molecule has 128 valence electrons. The maximum absolute atomic E-state index is 11.4. The van der Waals surface area contributed by atoms with E-state index in [1.807, 2.05) is 17.3 Å². The lowest BCUT2D eigenvalue weighted by Gasteiger charge is -2.46. The van der Waals surface area contributed by atoms with Crippen LogP contribution in [0.5, 0.6) is 0 Å². The molecule has 1 saturated heterocycles. The molecule has 0 aromatic rings. The van der Waals surface area contributed by atoms with Crippen LogP contribution >= 0.6 is 34.4 Å². The van der Waals surface area contributed by atoms with Gasteiger partial charge in [-0.25, -0.2) is 0 Å². The highest BCUT2D eigenvalue weighted by Crippen LogP contribution is 2.46. The molecule has 0 radical (unpaired) electrons. The first-order valence-corrected chi connectivity index (χ1v) is 9.69. The van der Waals surface area contributed by atoms with Gasteiger partial charge in [0.05, 0.1) is 35.0 Å². The maximum Gasteiger partial charge on any atom is 0.292 e. The second kappa shape index (κ2) is 6.19. The maximum atomic E-state index is 11.4. The molecule has 4 rings (SSSR count). The van der Waals surface area contributed by atoms with Crippen molar-refractivity contribution in [3.05, 3.63) is 23.8 Å². The molecule has 0 aromatic carbocycles. The van der Waals surface area contributed by atoms with Crippen LogP contribution in [0.15, 0.2) is 33.8 Å². The minimum absolute atomic E-state index is 0.137. The van der Waals surface area contributed by atoms with Crippen molar-refractivity contribution in [1.29, 1.82) is 0 Å². The van der Waals surface area contributed by atoms with E-state index in [0.29, 0.717) is 12.0 Å². The van der Waals surface area contributed by atoms with Gasteiger partial charge >= 0.3 is 0 Å². The number of fused-ring (bicyclic) bond motifs is 1.